The highest BCUT2D eigenvalue weighted by atomic mass is 35.5. The fourth-order valence-electron chi connectivity index (χ4n) is 1.59. The van der Waals surface area contributed by atoms with Gasteiger partial charge in [-0.05, 0) is 37.3 Å². The van der Waals surface area contributed by atoms with Crippen molar-refractivity contribution in [1.82, 2.24) is 5.32 Å². The normalized spacial score (nSPS) is 10.9. The second-order valence-electron chi connectivity index (χ2n) is 4.50. The van der Waals surface area contributed by atoms with Gasteiger partial charge < -0.3 is 15.4 Å². The maximum Gasteiger partial charge on any atom is 0.416 e. The Bertz CT molecular complexity index is 638. The second-order valence-corrected chi connectivity index (χ2v) is 5.32. The summed E-state index contributed by atoms with van der Waals surface area (Å²) in [4.78, 5) is 22.7. The molecule has 0 atom stereocenters. The van der Waals surface area contributed by atoms with Crippen LogP contribution in [0.25, 0.3) is 0 Å². The first kappa shape index (κ1) is 20.2. The van der Waals surface area contributed by atoms with E-state index in [1.807, 2.05) is 0 Å². The largest absolute Gasteiger partial charge is 0.466 e. The van der Waals surface area contributed by atoms with Crippen LogP contribution in [0.3, 0.4) is 0 Å². The Hall–Kier alpha value is -1.87. The van der Waals surface area contributed by atoms with E-state index in [0.717, 1.165) is 18.2 Å². The highest BCUT2D eigenvalue weighted by Crippen LogP contribution is 2.33. The van der Waals surface area contributed by atoms with Gasteiger partial charge in [-0.15, -0.1) is 0 Å². The molecule has 10 heteroatoms. The van der Waals surface area contributed by atoms with E-state index in [2.05, 4.69) is 15.4 Å². The lowest BCUT2D eigenvalue weighted by molar-refractivity contribution is -0.144. The monoisotopic (exact) mass is 382 g/mol. The van der Waals surface area contributed by atoms with Gasteiger partial charge in [-0.2, -0.15) is 13.2 Å². The fourth-order valence-corrected chi connectivity index (χ4v) is 1.98. The Balaban J connectivity index is 2.62. The SMILES string of the molecule is CCOC(=O)CCC(=O)NC(=S)Nc1cc(C(F)(F)F)ccc1Cl. The number of carbonyl (C=O) groups excluding carboxylic acids is 2. The molecule has 0 unspecified atom stereocenters. The predicted octanol–water partition coefficient (Wildman–Crippen LogP) is 3.52. The average molecular weight is 383 g/mol. The molecule has 0 spiro atoms. The van der Waals surface area contributed by atoms with Crippen molar-refractivity contribution in [3.8, 4) is 0 Å². The minimum absolute atomic E-state index is 0.00567. The lowest BCUT2D eigenvalue weighted by Gasteiger charge is -2.13. The Labute approximate surface area is 146 Å². The summed E-state index contributed by atoms with van der Waals surface area (Å²) in [5.41, 5.74) is -1.01. The molecule has 132 valence electrons. The summed E-state index contributed by atoms with van der Waals surface area (Å²) in [6, 6.07) is 2.67. The summed E-state index contributed by atoms with van der Waals surface area (Å²) < 4.78 is 42.7. The fraction of sp³-hybridized carbons (Fsp3) is 0.357. The molecule has 0 saturated heterocycles. The zero-order chi connectivity index (χ0) is 18.3. The number of alkyl halides is 3. The van der Waals surface area contributed by atoms with Gasteiger partial charge in [-0.25, -0.2) is 0 Å². The van der Waals surface area contributed by atoms with Crippen LogP contribution in [-0.4, -0.2) is 23.6 Å². The third-order valence-corrected chi connectivity index (χ3v) is 3.19. The molecular formula is C14H14ClF3N2O3S. The predicted molar refractivity (Wildman–Crippen MR) is 86.7 cm³/mol. The van der Waals surface area contributed by atoms with Crippen LogP contribution in [0.15, 0.2) is 18.2 Å². The molecule has 24 heavy (non-hydrogen) atoms. The quantitative estimate of drug-likeness (QED) is 0.602. The minimum atomic E-state index is -4.54. The van der Waals surface area contributed by atoms with E-state index in [1.165, 1.54) is 0 Å². The Morgan fingerprint density at radius 2 is 1.96 bits per heavy atom. The van der Waals surface area contributed by atoms with E-state index in [0.29, 0.717) is 0 Å². The van der Waals surface area contributed by atoms with Gasteiger partial charge in [0.05, 0.1) is 29.3 Å². The Morgan fingerprint density at radius 3 is 2.54 bits per heavy atom. The van der Waals surface area contributed by atoms with E-state index < -0.39 is 23.6 Å². The molecule has 0 radical (unpaired) electrons. The first-order chi connectivity index (χ1) is 11.1. The smallest absolute Gasteiger partial charge is 0.416 e. The topological polar surface area (TPSA) is 67.4 Å². The third kappa shape index (κ3) is 6.71. The molecule has 1 aromatic carbocycles. The van der Waals surface area contributed by atoms with Crippen LogP contribution in [-0.2, 0) is 20.5 Å². The number of ether oxygens (including phenoxy) is 1. The summed E-state index contributed by atoms with van der Waals surface area (Å²) in [6.45, 7) is 1.84. The third-order valence-electron chi connectivity index (χ3n) is 2.66. The molecule has 5 nitrogen and oxygen atoms in total. The summed E-state index contributed by atoms with van der Waals surface area (Å²) in [7, 11) is 0. The molecule has 1 aromatic rings. The van der Waals surface area contributed by atoms with E-state index in [9.17, 15) is 22.8 Å². The molecular weight excluding hydrogens is 369 g/mol. The number of halogens is 4. The van der Waals surface area contributed by atoms with Crippen LogP contribution >= 0.6 is 23.8 Å². The molecule has 0 aromatic heterocycles. The maximum absolute atomic E-state index is 12.7. The number of amides is 1. The summed E-state index contributed by atoms with van der Waals surface area (Å²) in [6.07, 6.45) is -4.84. The van der Waals surface area contributed by atoms with Gasteiger partial charge in [0.15, 0.2) is 5.11 Å². The number of benzene rings is 1. The van der Waals surface area contributed by atoms with Crippen molar-refractivity contribution in [3.63, 3.8) is 0 Å². The van der Waals surface area contributed by atoms with Crippen LogP contribution in [0.4, 0.5) is 18.9 Å². The standard InChI is InChI=1S/C14H14ClF3N2O3S/c1-2-23-12(22)6-5-11(21)20-13(24)19-10-7-8(14(16,17)18)3-4-9(10)15/h3-4,7H,2,5-6H2,1H3,(H2,19,20,21,24). The van der Waals surface area contributed by atoms with Gasteiger partial charge in [0, 0.05) is 6.42 Å². The highest BCUT2D eigenvalue weighted by molar-refractivity contribution is 7.80. The number of esters is 1. The molecule has 0 aliphatic heterocycles. The number of hydrogen-bond acceptors (Lipinski definition) is 4. The Morgan fingerprint density at radius 1 is 1.29 bits per heavy atom. The summed E-state index contributed by atoms with van der Waals surface area (Å²) >= 11 is 10.6. The number of nitrogens with one attached hydrogen (secondary N) is 2. The van der Waals surface area contributed by atoms with Gasteiger partial charge in [0.1, 0.15) is 0 Å². The van der Waals surface area contributed by atoms with Gasteiger partial charge >= 0.3 is 12.1 Å². The molecule has 1 rings (SSSR count). The van der Waals surface area contributed by atoms with Crippen molar-refractivity contribution < 1.29 is 27.5 Å². The van der Waals surface area contributed by atoms with Crippen molar-refractivity contribution in [3.05, 3.63) is 28.8 Å². The van der Waals surface area contributed by atoms with E-state index in [-0.39, 0.29) is 35.3 Å². The van der Waals surface area contributed by atoms with Gasteiger partial charge in [-0.1, -0.05) is 11.6 Å². The zero-order valence-corrected chi connectivity index (χ0v) is 14.1. The molecule has 2 N–H and O–H groups in total. The summed E-state index contributed by atoms with van der Waals surface area (Å²) in [5, 5.41) is 4.44. The molecule has 0 bridgehead atoms. The number of rotatable bonds is 5. The number of thiocarbonyl (C=S) groups is 1. The van der Waals surface area contributed by atoms with E-state index >= 15 is 0 Å². The molecule has 0 fully saturated rings. The van der Waals surface area contributed by atoms with E-state index in [1.54, 1.807) is 6.92 Å². The van der Waals surface area contributed by atoms with Crippen molar-refractivity contribution in [2.24, 2.45) is 0 Å². The van der Waals surface area contributed by atoms with Gasteiger partial charge in [0.2, 0.25) is 5.91 Å². The lowest BCUT2D eigenvalue weighted by atomic mass is 10.2. The van der Waals surface area contributed by atoms with Crippen molar-refractivity contribution in [2.75, 3.05) is 11.9 Å². The maximum atomic E-state index is 12.7. The van der Waals surface area contributed by atoms with Crippen LogP contribution < -0.4 is 10.6 Å². The Kier molecular flexibility index (Phi) is 7.43. The number of anilines is 1. The summed E-state index contributed by atoms with van der Waals surface area (Å²) in [5.74, 6) is -1.11. The van der Waals surface area contributed by atoms with Gasteiger partial charge in [0.25, 0.3) is 0 Å². The van der Waals surface area contributed by atoms with Crippen LogP contribution in [0.5, 0.6) is 0 Å². The number of carbonyl (C=O) groups is 2. The molecule has 0 aliphatic carbocycles. The lowest BCUT2D eigenvalue weighted by Crippen LogP contribution is -2.34. The van der Waals surface area contributed by atoms with E-state index in [4.69, 9.17) is 23.8 Å². The molecule has 1 amide bonds. The highest BCUT2D eigenvalue weighted by Gasteiger charge is 2.31. The van der Waals surface area contributed by atoms with Crippen molar-refractivity contribution >= 4 is 46.5 Å². The second kappa shape index (κ2) is 8.84. The first-order valence-electron chi connectivity index (χ1n) is 6.76. The van der Waals surface area contributed by atoms with Crippen LogP contribution in [0.1, 0.15) is 25.3 Å². The zero-order valence-electron chi connectivity index (χ0n) is 12.5. The van der Waals surface area contributed by atoms with Crippen LogP contribution in [0, 0.1) is 0 Å². The van der Waals surface area contributed by atoms with Crippen molar-refractivity contribution in [2.45, 2.75) is 25.9 Å². The first-order valence-corrected chi connectivity index (χ1v) is 7.55. The molecule has 0 heterocycles. The van der Waals surface area contributed by atoms with Crippen molar-refractivity contribution in [1.29, 1.82) is 0 Å². The minimum Gasteiger partial charge on any atom is -0.466 e. The van der Waals surface area contributed by atoms with Gasteiger partial charge in [-0.3, -0.25) is 9.59 Å². The molecule has 0 aliphatic rings. The van der Waals surface area contributed by atoms with Crippen LogP contribution in [0.2, 0.25) is 5.02 Å². The average Bonchev–Trinajstić information content (AvgIpc) is 2.46. The number of hydrogen-bond donors (Lipinski definition) is 2. The molecule has 0 saturated carbocycles.